The van der Waals surface area contributed by atoms with Crippen LogP contribution in [0.1, 0.15) is 16.7 Å². The molecule has 0 radical (unpaired) electrons. The number of carbonyl (C=O) groups excluding carboxylic acids is 1. The van der Waals surface area contributed by atoms with Crippen LogP contribution in [0.15, 0.2) is 72.3 Å². The molecule has 7 nitrogen and oxygen atoms in total. The van der Waals surface area contributed by atoms with Crippen molar-refractivity contribution < 1.29 is 14.5 Å². The zero-order valence-electron chi connectivity index (χ0n) is 17.1. The van der Waals surface area contributed by atoms with Crippen LogP contribution in [0.3, 0.4) is 0 Å². The van der Waals surface area contributed by atoms with Crippen LogP contribution in [0.4, 0.5) is 5.69 Å². The minimum absolute atomic E-state index is 0.0112. The van der Waals surface area contributed by atoms with Gasteiger partial charge in [-0.3, -0.25) is 14.9 Å². The Morgan fingerprint density at radius 1 is 1.06 bits per heavy atom. The van der Waals surface area contributed by atoms with Crippen LogP contribution in [-0.2, 0) is 17.9 Å². The van der Waals surface area contributed by atoms with Crippen LogP contribution in [0.5, 0.6) is 5.75 Å². The molecule has 0 saturated carbocycles. The lowest BCUT2D eigenvalue weighted by atomic mass is 10.1. The SMILES string of the molecule is N#C/C(=C/c1cc(I)c(OCc2ccc([N+](=O)[O-])cc2)c(I)c1)C(=O)NCc1ccccc1. The first-order chi connectivity index (χ1) is 15.9. The zero-order valence-corrected chi connectivity index (χ0v) is 21.4. The molecule has 0 atom stereocenters. The molecular weight excluding hydrogens is 648 g/mol. The van der Waals surface area contributed by atoms with Gasteiger partial charge >= 0.3 is 0 Å². The highest BCUT2D eigenvalue weighted by Crippen LogP contribution is 2.30. The first-order valence-corrected chi connectivity index (χ1v) is 11.8. The highest BCUT2D eigenvalue weighted by molar-refractivity contribution is 14.1. The topological polar surface area (TPSA) is 105 Å². The van der Waals surface area contributed by atoms with Gasteiger partial charge in [0.1, 0.15) is 24.0 Å². The molecule has 0 aliphatic heterocycles. The molecule has 0 spiro atoms. The second kappa shape index (κ2) is 11.8. The molecule has 3 aromatic carbocycles. The average Bonchev–Trinajstić information content (AvgIpc) is 2.81. The highest BCUT2D eigenvalue weighted by Gasteiger charge is 2.13. The van der Waals surface area contributed by atoms with E-state index in [0.717, 1.165) is 18.3 Å². The van der Waals surface area contributed by atoms with Gasteiger partial charge in [-0.1, -0.05) is 30.3 Å². The first kappa shape index (κ1) is 24.7. The highest BCUT2D eigenvalue weighted by atomic mass is 127. The third kappa shape index (κ3) is 7.00. The van der Waals surface area contributed by atoms with Gasteiger partial charge in [-0.25, -0.2) is 0 Å². The molecule has 0 bridgehead atoms. The molecule has 1 amide bonds. The molecule has 9 heteroatoms. The fraction of sp³-hybridized carbons (Fsp3) is 0.0833. The number of carbonyl (C=O) groups is 1. The van der Waals surface area contributed by atoms with Crippen molar-refractivity contribution in [1.29, 1.82) is 5.26 Å². The van der Waals surface area contributed by atoms with Gasteiger partial charge in [-0.05, 0) is 92.2 Å². The van der Waals surface area contributed by atoms with E-state index in [2.05, 4.69) is 50.5 Å². The molecule has 3 aromatic rings. The van der Waals surface area contributed by atoms with E-state index in [4.69, 9.17) is 4.74 Å². The van der Waals surface area contributed by atoms with E-state index in [-0.39, 0.29) is 17.9 Å². The number of nitriles is 1. The smallest absolute Gasteiger partial charge is 0.269 e. The molecular formula is C24H17I2N3O4. The molecule has 3 rings (SSSR count). The predicted octanol–water partition coefficient (Wildman–Crippen LogP) is 5.61. The van der Waals surface area contributed by atoms with E-state index in [9.17, 15) is 20.2 Å². The molecule has 0 saturated heterocycles. The Labute approximate surface area is 217 Å². The molecule has 0 unspecified atom stereocenters. The second-order valence-electron chi connectivity index (χ2n) is 6.86. The van der Waals surface area contributed by atoms with E-state index >= 15 is 0 Å². The molecule has 0 fully saturated rings. The van der Waals surface area contributed by atoms with E-state index in [1.807, 2.05) is 48.5 Å². The van der Waals surface area contributed by atoms with Crippen molar-refractivity contribution in [2.45, 2.75) is 13.2 Å². The van der Waals surface area contributed by atoms with Gasteiger partial charge in [-0.2, -0.15) is 5.26 Å². The number of rotatable bonds is 8. The summed E-state index contributed by atoms with van der Waals surface area (Å²) in [5, 5.41) is 23.0. The van der Waals surface area contributed by atoms with Gasteiger partial charge in [0.2, 0.25) is 0 Å². The molecule has 0 aromatic heterocycles. The molecule has 0 aliphatic rings. The van der Waals surface area contributed by atoms with E-state index in [1.165, 1.54) is 12.1 Å². The number of hydrogen-bond donors (Lipinski definition) is 1. The Kier molecular flexibility index (Phi) is 8.79. The number of nitrogens with one attached hydrogen (secondary N) is 1. The summed E-state index contributed by atoms with van der Waals surface area (Å²) in [5.41, 5.74) is 2.50. The number of nitrogens with zero attached hydrogens (tertiary/aromatic N) is 2. The van der Waals surface area contributed by atoms with Crippen molar-refractivity contribution in [3.63, 3.8) is 0 Å². The van der Waals surface area contributed by atoms with Crippen molar-refractivity contribution in [3.8, 4) is 11.8 Å². The fourth-order valence-electron chi connectivity index (χ4n) is 2.86. The number of hydrogen-bond acceptors (Lipinski definition) is 5. The summed E-state index contributed by atoms with van der Waals surface area (Å²) in [6.07, 6.45) is 1.55. The number of non-ortho nitro benzene ring substituents is 1. The third-order valence-electron chi connectivity index (χ3n) is 4.52. The summed E-state index contributed by atoms with van der Waals surface area (Å²) >= 11 is 4.27. The van der Waals surface area contributed by atoms with E-state index in [0.29, 0.717) is 17.9 Å². The van der Waals surface area contributed by atoms with Crippen LogP contribution in [0, 0.1) is 28.6 Å². The fourth-order valence-corrected chi connectivity index (χ4v) is 4.99. The minimum atomic E-state index is -0.444. The molecule has 0 aliphatic carbocycles. The zero-order chi connectivity index (χ0) is 23.8. The monoisotopic (exact) mass is 665 g/mol. The van der Waals surface area contributed by atoms with Crippen molar-refractivity contribution >= 4 is 62.9 Å². The summed E-state index contributed by atoms with van der Waals surface area (Å²) in [6, 6.07) is 21.3. The van der Waals surface area contributed by atoms with Gasteiger partial charge in [-0.15, -0.1) is 0 Å². The second-order valence-corrected chi connectivity index (χ2v) is 9.19. The van der Waals surface area contributed by atoms with Crippen LogP contribution < -0.4 is 10.1 Å². The van der Waals surface area contributed by atoms with Gasteiger partial charge in [0, 0.05) is 18.7 Å². The van der Waals surface area contributed by atoms with Crippen molar-refractivity contribution in [2.24, 2.45) is 0 Å². The molecule has 0 heterocycles. The molecule has 166 valence electrons. The summed E-state index contributed by atoms with van der Waals surface area (Å²) < 4.78 is 7.55. The Morgan fingerprint density at radius 3 is 2.27 bits per heavy atom. The Hall–Kier alpha value is -2.98. The van der Waals surface area contributed by atoms with Crippen molar-refractivity contribution in [2.75, 3.05) is 0 Å². The summed E-state index contributed by atoms with van der Waals surface area (Å²) in [7, 11) is 0. The van der Waals surface area contributed by atoms with Crippen molar-refractivity contribution in [3.05, 3.63) is 106 Å². The van der Waals surface area contributed by atoms with Crippen LogP contribution >= 0.6 is 45.2 Å². The Morgan fingerprint density at radius 2 is 1.70 bits per heavy atom. The number of amides is 1. The summed E-state index contributed by atoms with van der Waals surface area (Å²) in [5.74, 6) is 0.226. The summed E-state index contributed by atoms with van der Waals surface area (Å²) in [4.78, 5) is 22.8. The third-order valence-corrected chi connectivity index (χ3v) is 6.13. The van der Waals surface area contributed by atoms with Gasteiger partial charge in [0.15, 0.2) is 0 Å². The van der Waals surface area contributed by atoms with Gasteiger partial charge < -0.3 is 10.1 Å². The number of benzene rings is 3. The summed E-state index contributed by atoms with van der Waals surface area (Å²) in [6.45, 7) is 0.591. The number of ether oxygens (including phenoxy) is 1. The lowest BCUT2D eigenvalue weighted by Gasteiger charge is -2.12. The van der Waals surface area contributed by atoms with E-state index in [1.54, 1.807) is 18.2 Å². The standard InChI is InChI=1S/C24H17I2N3O4/c25-21-11-18(10-19(13-27)24(30)28-14-16-4-2-1-3-5-16)12-22(26)23(21)33-15-17-6-8-20(9-7-17)29(31)32/h1-12H,14-15H2,(H,28,30)/b19-10-. The molecule has 33 heavy (non-hydrogen) atoms. The quantitative estimate of drug-likeness (QED) is 0.111. The maximum atomic E-state index is 12.4. The maximum absolute atomic E-state index is 12.4. The normalized spacial score (nSPS) is 10.9. The molecule has 1 N–H and O–H groups in total. The number of halogens is 2. The lowest BCUT2D eigenvalue weighted by molar-refractivity contribution is -0.384. The van der Waals surface area contributed by atoms with Crippen LogP contribution in [-0.4, -0.2) is 10.8 Å². The lowest BCUT2D eigenvalue weighted by Crippen LogP contribution is -2.23. The predicted molar refractivity (Wildman–Crippen MR) is 141 cm³/mol. The maximum Gasteiger partial charge on any atom is 0.269 e. The van der Waals surface area contributed by atoms with Crippen LogP contribution in [0.2, 0.25) is 0 Å². The Balaban J connectivity index is 1.69. The number of nitro groups is 1. The van der Waals surface area contributed by atoms with Crippen LogP contribution in [0.25, 0.3) is 6.08 Å². The van der Waals surface area contributed by atoms with Gasteiger partial charge in [0.05, 0.1) is 12.1 Å². The van der Waals surface area contributed by atoms with Gasteiger partial charge in [0.25, 0.3) is 11.6 Å². The minimum Gasteiger partial charge on any atom is -0.487 e. The average molecular weight is 665 g/mol. The largest absolute Gasteiger partial charge is 0.487 e. The first-order valence-electron chi connectivity index (χ1n) is 9.66. The number of nitro benzene ring substituents is 1. The van der Waals surface area contributed by atoms with E-state index < -0.39 is 10.8 Å². The Bertz CT molecular complexity index is 1210. The van der Waals surface area contributed by atoms with Crippen molar-refractivity contribution in [1.82, 2.24) is 5.32 Å².